The van der Waals surface area contributed by atoms with Crippen LogP contribution in [0.2, 0.25) is 0 Å². The largest absolute Gasteiger partial charge is 0.497 e. The van der Waals surface area contributed by atoms with E-state index in [0.717, 1.165) is 5.69 Å². The molecule has 0 aliphatic carbocycles. The smallest absolute Gasteiger partial charge is 0.264 e. The van der Waals surface area contributed by atoms with Crippen molar-refractivity contribution >= 4 is 21.5 Å². The highest BCUT2D eigenvalue weighted by atomic mass is 32.2. The summed E-state index contributed by atoms with van der Waals surface area (Å²) in [7, 11) is -2.30. The summed E-state index contributed by atoms with van der Waals surface area (Å²) in [4.78, 5) is 11.8. The number of hydrogen-bond acceptors (Lipinski definition) is 6. The van der Waals surface area contributed by atoms with Gasteiger partial charge in [0, 0.05) is 5.56 Å². The second-order valence-corrected chi connectivity index (χ2v) is 9.14. The number of nitrogens with zero attached hydrogens (tertiary/aromatic N) is 4. The molecule has 0 aliphatic rings. The highest BCUT2D eigenvalue weighted by Gasteiger charge is 2.26. The summed E-state index contributed by atoms with van der Waals surface area (Å²) in [5, 5.41) is 8.32. The molecule has 0 radical (unpaired) electrons. The molecular formula is C24H22N4O4S. The van der Waals surface area contributed by atoms with Gasteiger partial charge in [0.25, 0.3) is 10.0 Å². The third-order valence-corrected chi connectivity index (χ3v) is 6.86. The number of carbonyl (C=O) groups excluding carboxylic acids is 1. The maximum Gasteiger partial charge on any atom is 0.264 e. The minimum atomic E-state index is -3.89. The maximum atomic E-state index is 13.5. The Morgan fingerprint density at radius 2 is 1.64 bits per heavy atom. The van der Waals surface area contributed by atoms with Crippen LogP contribution in [0.15, 0.2) is 90.0 Å². The first kappa shape index (κ1) is 22.2. The normalized spacial score (nSPS) is 11.2. The van der Waals surface area contributed by atoms with Crippen LogP contribution in [-0.4, -0.2) is 36.3 Å². The van der Waals surface area contributed by atoms with E-state index in [-0.39, 0.29) is 17.2 Å². The summed E-state index contributed by atoms with van der Waals surface area (Å²) in [6.07, 6.45) is 1.68. The molecule has 3 aromatic carbocycles. The lowest BCUT2D eigenvalue weighted by Crippen LogP contribution is -2.30. The van der Waals surface area contributed by atoms with Gasteiger partial charge in [-0.3, -0.25) is 9.10 Å². The number of anilines is 1. The van der Waals surface area contributed by atoms with Gasteiger partial charge in [0.1, 0.15) is 11.4 Å². The van der Waals surface area contributed by atoms with E-state index in [1.807, 2.05) is 12.1 Å². The first-order valence-electron chi connectivity index (χ1n) is 10.1. The van der Waals surface area contributed by atoms with Crippen LogP contribution in [0.4, 0.5) is 5.69 Å². The highest BCUT2D eigenvalue weighted by Crippen LogP contribution is 2.26. The zero-order valence-corrected chi connectivity index (χ0v) is 18.9. The second-order valence-electron chi connectivity index (χ2n) is 7.28. The number of ketones is 1. The molecule has 8 nitrogen and oxygen atoms in total. The average molecular weight is 463 g/mol. The van der Waals surface area contributed by atoms with Crippen LogP contribution in [0, 0.1) is 0 Å². The highest BCUT2D eigenvalue weighted by molar-refractivity contribution is 7.92. The third-order valence-electron chi connectivity index (χ3n) is 5.08. The van der Waals surface area contributed by atoms with Gasteiger partial charge in [0.05, 0.1) is 36.1 Å². The summed E-state index contributed by atoms with van der Waals surface area (Å²) in [5.74, 6) is 0.620. The fourth-order valence-corrected chi connectivity index (χ4v) is 4.73. The molecular weight excluding hydrogens is 440 g/mol. The second kappa shape index (κ2) is 9.25. The summed E-state index contributed by atoms with van der Waals surface area (Å²) in [5.41, 5.74) is 2.14. The Hall–Kier alpha value is -3.98. The average Bonchev–Trinajstić information content (AvgIpc) is 3.32. The number of Topliss-reactive ketones (excluding diaryl/α,β-unsaturated/α-hetero) is 1. The molecule has 33 heavy (non-hydrogen) atoms. The summed E-state index contributed by atoms with van der Waals surface area (Å²) < 4.78 is 35.0. The van der Waals surface area contributed by atoms with Crippen molar-refractivity contribution in [2.24, 2.45) is 0 Å². The van der Waals surface area contributed by atoms with E-state index in [1.54, 1.807) is 84.7 Å². The molecule has 0 bridgehead atoms. The van der Waals surface area contributed by atoms with Crippen molar-refractivity contribution in [1.82, 2.24) is 15.0 Å². The van der Waals surface area contributed by atoms with E-state index in [0.29, 0.717) is 22.7 Å². The van der Waals surface area contributed by atoms with Gasteiger partial charge in [0.2, 0.25) is 0 Å². The molecule has 168 valence electrons. The fourth-order valence-electron chi connectivity index (χ4n) is 3.28. The first-order valence-corrected chi connectivity index (χ1v) is 11.6. The summed E-state index contributed by atoms with van der Waals surface area (Å²) in [6, 6.07) is 21.9. The maximum absolute atomic E-state index is 13.5. The van der Waals surface area contributed by atoms with Crippen LogP contribution >= 0.6 is 0 Å². The lowest BCUT2D eigenvalue weighted by atomic mass is 10.1. The number of aromatic nitrogens is 3. The molecule has 0 unspecified atom stereocenters. The molecule has 4 rings (SSSR count). The van der Waals surface area contributed by atoms with Crippen LogP contribution in [0.3, 0.4) is 0 Å². The number of rotatable bonds is 8. The minimum Gasteiger partial charge on any atom is -0.497 e. The van der Waals surface area contributed by atoms with E-state index >= 15 is 0 Å². The molecule has 0 saturated carbocycles. The van der Waals surface area contributed by atoms with Gasteiger partial charge in [-0.05, 0) is 67.6 Å². The molecule has 0 atom stereocenters. The van der Waals surface area contributed by atoms with E-state index in [9.17, 15) is 13.2 Å². The number of carbonyl (C=O) groups is 1. The third kappa shape index (κ3) is 4.78. The monoisotopic (exact) mass is 462 g/mol. The van der Waals surface area contributed by atoms with Gasteiger partial charge in [-0.2, -0.15) is 0 Å². The van der Waals surface area contributed by atoms with Gasteiger partial charge in [-0.25, -0.2) is 13.1 Å². The SMILES string of the molecule is COc1ccc(-n2cc(CN(c3ccc(C(C)=O)cc3)S(=O)(=O)c3ccccc3)nn2)cc1. The molecule has 0 spiro atoms. The van der Waals surface area contributed by atoms with Crippen molar-refractivity contribution in [3.8, 4) is 11.4 Å². The molecule has 0 amide bonds. The van der Waals surface area contributed by atoms with Crippen LogP contribution in [0.5, 0.6) is 5.75 Å². The molecule has 1 heterocycles. The van der Waals surface area contributed by atoms with Gasteiger partial charge in [-0.1, -0.05) is 23.4 Å². The van der Waals surface area contributed by atoms with Crippen molar-refractivity contribution in [3.63, 3.8) is 0 Å². The zero-order chi connectivity index (χ0) is 23.4. The van der Waals surface area contributed by atoms with Gasteiger partial charge >= 0.3 is 0 Å². The van der Waals surface area contributed by atoms with Gasteiger partial charge in [-0.15, -0.1) is 5.10 Å². The predicted molar refractivity (Wildman–Crippen MR) is 124 cm³/mol. The fraction of sp³-hybridized carbons (Fsp3) is 0.125. The quantitative estimate of drug-likeness (QED) is 0.369. The van der Waals surface area contributed by atoms with Crippen LogP contribution in [-0.2, 0) is 16.6 Å². The Morgan fingerprint density at radius 1 is 0.970 bits per heavy atom. The van der Waals surface area contributed by atoms with Crippen LogP contribution in [0.1, 0.15) is 23.0 Å². The minimum absolute atomic E-state index is 0.0349. The molecule has 1 aromatic heterocycles. The molecule has 0 saturated heterocycles. The molecule has 9 heteroatoms. The molecule has 4 aromatic rings. The Labute approximate surface area is 192 Å². The Balaban J connectivity index is 1.69. The first-order chi connectivity index (χ1) is 15.9. The zero-order valence-electron chi connectivity index (χ0n) is 18.1. The van der Waals surface area contributed by atoms with E-state index < -0.39 is 10.0 Å². The van der Waals surface area contributed by atoms with Crippen LogP contribution in [0.25, 0.3) is 5.69 Å². The van der Waals surface area contributed by atoms with Crippen molar-refractivity contribution in [3.05, 3.63) is 96.3 Å². The van der Waals surface area contributed by atoms with E-state index in [2.05, 4.69) is 10.3 Å². The van der Waals surface area contributed by atoms with Gasteiger partial charge < -0.3 is 4.74 Å². The summed E-state index contributed by atoms with van der Waals surface area (Å²) in [6.45, 7) is 1.43. The Bertz CT molecular complexity index is 1350. The number of ether oxygens (including phenoxy) is 1. The summed E-state index contributed by atoms with van der Waals surface area (Å²) >= 11 is 0. The standard InChI is InChI=1S/C24H22N4O4S/c1-18(29)19-8-10-22(11-9-19)28(33(30,31)24-6-4-3-5-7-24)17-20-16-27(26-25-20)21-12-14-23(32-2)15-13-21/h3-16H,17H2,1-2H3. The van der Waals surface area contributed by atoms with Crippen molar-refractivity contribution in [2.75, 3.05) is 11.4 Å². The number of hydrogen-bond donors (Lipinski definition) is 0. The van der Waals surface area contributed by atoms with Crippen molar-refractivity contribution in [1.29, 1.82) is 0 Å². The number of benzene rings is 3. The van der Waals surface area contributed by atoms with Crippen molar-refractivity contribution in [2.45, 2.75) is 18.4 Å². The Morgan fingerprint density at radius 3 is 2.24 bits per heavy atom. The van der Waals surface area contributed by atoms with Crippen molar-refractivity contribution < 1.29 is 17.9 Å². The topological polar surface area (TPSA) is 94.4 Å². The number of sulfonamides is 1. The lowest BCUT2D eigenvalue weighted by molar-refractivity contribution is 0.101. The van der Waals surface area contributed by atoms with E-state index in [1.165, 1.54) is 11.2 Å². The predicted octanol–water partition coefficient (Wildman–Crippen LogP) is 3.87. The number of methoxy groups -OCH3 is 1. The Kier molecular flexibility index (Phi) is 6.23. The lowest BCUT2D eigenvalue weighted by Gasteiger charge is -2.23. The molecule has 0 aliphatic heterocycles. The van der Waals surface area contributed by atoms with Gasteiger partial charge in [0.15, 0.2) is 5.78 Å². The molecule has 0 fully saturated rings. The van der Waals surface area contributed by atoms with E-state index in [4.69, 9.17) is 4.74 Å². The molecule has 0 N–H and O–H groups in total. The van der Waals surface area contributed by atoms with Crippen LogP contribution < -0.4 is 9.04 Å².